The number of rotatable bonds is 4. The van der Waals surface area contributed by atoms with E-state index in [9.17, 15) is 4.79 Å². The molecule has 1 amide bonds. The van der Waals surface area contributed by atoms with E-state index >= 15 is 0 Å². The van der Waals surface area contributed by atoms with Gasteiger partial charge in [-0.3, -0.25) is 4.79 Å². The molecular weight excluding hydrogens is 228 g/mol. The summed E-state index contributed by atoms with van der Waals surface area (Å²) >= 11 is 0. The van der Waals surface area contributed by atoms with Gasteiger partial charge in [-0.05, 0) is 31.1 Å². The van der Waals surface area contributed by atoms with Gasteiger partial charge in [-0.2, -0.15) is 0 Å². The van der Waals surface area contributed by atoms with Crippen LogP contribution in [0.4, 0.5) is 0 Å². The molecule has 2 aliphatic heterocycles. The Morgan fingerprint density at radius 2 is 2.00 bits per heavy atom. The van der Waals surface area contributed by atoms with Crippen LogP contribution in [-0.4, -0.2) is 50.7 Å². The third-order valence-electron chi connectivity index (χ3n) is 5.23. The van der Waals surface area contributed by atoms with Gasteiger partial charge in [-0.25, -0.2) is 0 Å². The number of hydrogen-bond donors (Lipinski definition) is 1. The van der Waals surface area contributed by atoms with Crippen molar-refractivity contribution < 1.29 is 9.53 Å². The van der Waals surface area contributed by atoms with Gasteiger partial charge < -0.3 is 15.0 Å². The maximum atomic E-state index is 12.7. The van der Waals surface area contributed by atoms with Crippen molar-refractivity contribution in [3.8, 4) is 0 Å². The Bertz CT molecular complexity index is 316. The first-order valence-corrected chi connectivity index (χ1v) is 7.24. The van der Waals surface area contributed by atoms with E-state index < -0.39 is 0 Å². The summed E-state index contributed by atoms with van der Waals surface area (Å²) in [5.74, 6) is 1.82. The molecule has 4 nitrogen and oxygen atoms in total. The highest BCUT2D eigenvalue weighted by atomic mass is 16.5. The van der Waals surface area contributed by atoms with Crippen LogP contribution in [0, 0.1) is 17.3 Å². The highest BCUT2D eigenvalue weighted by Gasteiger charge is 2.48. The maximum Gasteiger partial charge on any atom is 0.228 e. The molecule has 0 bridgehead atoms. The minimum absolute atomic E-state index is 0.0674. The normalized spacial score (nSPS) is 33.3. The van der Waals surface area contributed by atoms with Crippen LogP contribution in [0.2, 0.25) is 0 Å². The molecule has 0 spiro atoms. The van der Waals surface area contributed by atoms with E-state index in [1.54, 1.807) is 7.11 Å². The Balaban J connectivity index is 1.63. The lowest BCUT2D eigenvalue weighted by atomic mass is 9.66. The van der Waals surface area contributed by atoms with E-state index in [4.69, 9.17) is 4.74 Å². The van der Waals surface area contributed by atoms with Crippen molar-refractivity contribution in [1.29, 1.82) is 0 Å². The summed E-state index contributed by atoms with van der Waals surface area (Å²) in [6.45, 7) is 4.86. The number of fused-ring (bicyclic) bond motifs is 1. The number of carbonyl (C=O) groups excluding carboxylic acids is 1. The standard InChI is InChI=1S/C14H24N2O2/c1-18-6-5-14(3-2-4-14)13(17)16-9-11-7-15-8-12(11)10-16/h11-12,15H,2-10H2,1H3/t11-,12+. The molecule has 0 radical (unpaired) electrons. The molecule has 1 saturated carbocycles. The molecule has 2 heterocycles. The Labute approximate surface area is 109 Å². The maximum absolute atomic E-state index is 12.7. The molecule has 102 valence electrons. The van der Waals surface area contributed by atoms with Gasteiger partial charge in [0.2, 0.25) is 5.91 Å². The average molecular weight is 252 g/mol. The van der Waals surface area contributed by atoms with E-state index in [2.05, 4.69) is 10.2 Å². The second-order valence-corrected chi connectivity index (χ2v) is 6.27. The van der Waals surface area contributed by atoms with E-state index in [-0.39, 0.29) is 5.41 Å². The van der Waals surface area contributed by atoms with Crippen molar-refractivity contribution in [1.82, 2.24) is 10.2 Å². The number of ether oxygens (including phenoxy) is 1. The van der Waals surface area contributed by atoms with Crippen LogP contribution >= 0.6 is 0 Å². The Kier molecular flexibility index (Phi) is 3.32. The van der Waals surface area contributed by atoms with E-state index in [0.29, 0.717) is 24.3 Å². The first-order valence-electron chi connectivity index (χ1n) is 7.24. The lowest BCUT2D eigenvalue weighted by Gasteiger charge is -2.43. The molecule has 1 aliphatic carbocycles. The number of nitrogens with one attached hydrogen (secondary N) is 1. The van der Waals surface area contributed by atoms with Crippen LogP contribution in [0.1, 0.15) is 25.7 Å². The second-order valence-electron chi connectivity index (χ2n) is 6.27. The summed E-state index contributed by atoms with van der Waals surface area (Å²) in [4.78, 5) is 14.9. The summed E-state index contributed by atoms with van der Waals surface area (Å²) < 4.78 is 5.18. The molecule has 0 aromatic carbocycles. The summed E-state index contributed by atoms with van der Waals surface area (Å²) in [7, 11) is 1.72. The largest absolute Gasteiger partial charge is 0.385 e. The number of amides is 1. The quantitative estimate of drug-likeness (QED) is 0.807. The second kappa shape index (κ2) is 4.82. The van der Waals surface area contributed by atoms with Crippen LogP contribution in [0.15, 0.2) is 0 Å². The summed E-state index contributed by atoms with van der Waals surface area (Å²) in [6.07, 6.45) is 4.25. The molecule has 1 N–H and O–H groups in total. The molecule has 2 atom stereocenters. The molecular formula is C14H24N2O2. The van der Waals surface area contributed by atoms with Gasteiger partial charge in [-0.1, -0.05) is 6.42 Å². The molecule has 3 fully saturated rings. The van der Waals surface area contributed by atoms with Gasteiger partial charge >= 0.3 is 0 Å². The van der Waals surface area contributed by atoms with Crippen molar-refractivity contribution in [2.45, 2.75) is 25.7 Å². The lowest BCUT2D eigenvalue weighted by molar-refractivity contribution is -0.148. The third kappa shape index (κ3) is 1.95. The topological polar surface area (TPSA) is 41.6 Å². The van der Waals surface area contributed by atoms with E-state index in [0.717, 1.165) is 45.4 Å². The first-order chi connectivity index (χ1) is 8.75. The van der Waals surface area contributed by atoms with Crippen LogP contribution in [-0.2, 0) is 9.53 Å². The van der Waals surface area contributed by atoms with Gasteiger partial charge in [0, 0.05) is 39.9 Å². The molecule has 0 aromatic rings. The van der Waals surface area contributed by atoms with Crippen LogP contribution in [0.5, 0.6) is 0 Å². The van der Waals surface area contributed by atoms with Crippen LogP contribution in [0.3, 0.4) is 0 Å². The molecule has 0 unspecified atom stereocenters. The predicted octanol–water partition coefficient (Wildman–Crippen LogP) is 0.871. The highest BCUT2D eigenvalue weighted by molar-refractivity contribution is 5.84. The zero-order chi connectivity index (χ0) is 12.6. The Hall–Kier alpha value is -0.610. The van der Waals surface area contributed by atoms with Crippen LogP contribution in [0.25, 0.3) is 0 Å². The number of methoxy groups -OCH3 is 1. The first kappa shape index (κ1) is 12.4. The van der Waals surface area contributed by atoms with Crippen molar-refractivity contribution in [3.63, 3.8) is 0 Å². The Morgan fingerprint density at radius 1 is 1.33 bits per heavy atom. The summed E-state index contributed by atoms with van der Waals surface area (Å²) in [6, 6.07) is 0. The fraction of sp³-hybridized carbons (Fsp3) is 0.929. The highest BCUT2D eigenvalue weighted by Crippen LogP contribution is 2.46. The zero-order valence-corrected chi connectivity index (χ0v) is 11.3. The number of nitrogens with zero attached hydrogens (tertiary/aromatic N) is 1. The van der Waals surface area contributed by atoms with E-state index in [1.165, 1.54) is 6.42 Å². The fourth-order valence-corrected chi connectivity index (χ4v) is 3.83. The minimum atomic E-state index is -0.0674. The zero-order valence-electron chi connectivity index (χ0n) is 11.3. The predicted molar refractivity (Wildman–Crippen MR) is 69.2 cm³/mol. The fourth-order valence-electron chi connectivity index (χ4n) is 3.83. The number of carbonyl (C=O) groups is 1. The van der Waals surface area contributed by atoms with Crippen molar-refractivity contribution >= 4 is 5.91 Å². The SMILES string of the molecule is COCCC1(C(=O)N2C[C@H]3CNC[C@H]3C2)CCC1. The summed E-state index contributed by atoms with van der Waals surface area (Å²) in [5, 5.41) is 3.43. The molecule has 2 saturated heterocycles. The number of likely N-dealkylation sites (tertiary alicyclic amines) is 1. The van der Waals surface area contributed by atoms with Gasteiger partial charge in [0.25, 0.3) is 0 Å². The molecule has 18 heavy (non-hydrogen) atoms. The molecule has 0 aromatic heterocycles. The smallest absolute Gasteiger partial charge is 0.228 e. The van der Waals surface area contributed by atoms with Gasteiger partial charge in [-0.15, -0.1) is 0 Å². The average Bonchev–Trinajstić information content (AvgIpc) is 2.87. The minimum Gasteiger partial charge on any atom is -0.385 e. The number of hydrogen-bond acceptors (Lipinski definition) is 3. The van der Waals surface area contributed by atoms with Gasteiger partial charge in [0.1, 0.15) is 0 Å². The van der Waals surface area contributed by atoms with E-state index in [1.807, 2.05) is 0 Å². The third-order valence-corrected chi connectivity index (χ3v) is 5.23. The van der Waals surface area contributed by atoms with Crippen molar-refractivity contribution in [3.05, 3.63) is 0 Å². The Morgan fingerprint density at radius 3 is 2.50 bits per heavy atom. The van der Waals surface area contributed by atoms with Crippen LogP contribution < -0.4 is 5.32 Å². The molecule has 3 aliphatic rings. The molecule has 4 heteroatoms. The van der Waals surface area contributed by atoms with Crippen molar-refractivity contribution in [2.24, 2.45) is 17.3 Å². The monoisotopic (exact) mass is 252 g/mol. The summed E-state index contributed by atoms with van der Waals surface area (Å²) in [5.41, 5.74) is -0.0674. The lowest BCUT2D eigenvalue weighted by Crippen LogP contribution is -2.48. The van der Waals surface area contributed by atoms with Gasteiger partial charge in [0.15, 0.2) is 0 Å². The molecule has 3 rings (SSSR count). The van der Waals surface area contributed by atoms with Crippen molar-refractivity contribution in [2.75, 3.05) is 39.9 Å². The van der Waals surface area contributed by atoms with Gasteiger partial charge in [0.05, 0.1) is 5.41 Å².